The highest BCUT2D eigenvalue weighted by Gasteiger charge is 2.08. The van der Waals surface area contributed by atoms with Gasteiger partial charge in [-0.3, -0.25) is 0 Å². The maximum Gasteiger partial charge on any atom is 0.260 e. The van der Waals surface area contributed by atoms with E-state index in [0.717, 1.165) is 5.56 Å². The molecule has 0 aliphatic rings. The van der Waals surface area contributed by atoms with Gasteiger partial charge >= 0.3 is 0 Å². The van der Waals surface area contributed by atoms with Gasteiger partial charge in [0, 0.05) is 12.6 Å². The standard InChI is InChI=1S/C13H15FN2OS/c1-9(2)16-8-10-3-4-12(11(14)7-10)18-13-15-5-6-17-13/h3-7,9,16H,8H2,1-2H3. The van der Waals surface area contributed by atoms with Crippen LogP contribution in [0.15, 0.2) is 45.2 Å². The fourth-order valence-corrected chi connectivity index (χ4v) is 2.11. The maximum atomic E-state index is 13.8. The zero-order chi connectivity index (χ0) is 13.0. The van der Waals surface area contributed by atoms with E-state index in [1.54, 1.807) is 18.3 Å². The van der Waals surface area contributed by atoms with Crippen molar-refractivity contribution in [2.24, 2.45) is 0 Å². The molecule has 0 saturated carbocycles. The van der Waals surface area contributed by atoms with Gasteiger partial charge in [0.25, 0.3) is 5.22 Å². The third-order valence-corrected chi connectivity index (χ3v) is 3.24. The molecular weight excluding hydrogens is 251 g/mol. The fourth-order valence-electron chi connectivity index (χ4n) is 1.41. The number of oxazole rings is 1. The number of hydrogen-bond donors (Lipinski definition) is 1. The van der Waals surface area contributed by atoms with Gasteiger partial charge in [0.1, 0.15) is 12.1 Å². The molecule has 1 N–H and O–H groups in total. The van der Waals surface area contributed by atoms with E-state index in [4.69, 9.17) is 4.42 Å². The van der Waals surface area contributed by atoms with Crippen LogP contribution in [-0.4, -0.2) is 11.0 Å². The summed E-state index contributed by atoms with van der Waals surface area (Å²) in [5.41, 5.74) is 0.929. The summed E-state index contributed by atoms with van der Waals surface area (Å²) >= 11 is 1.18. The van der Waals surface area contributed by atoms with E-state index in [2.05, 4.69) is 24.1 Å². The third-order valence-electron chi connectivity index (χ3n) is 2.32. The van der Waals surface area contributed by atoms with Crippen molar-refractivity contribution in [1.29, 1.82) is 0 Å². The van der Waals surface area contributed by atoms with Crippen molar-refractivity contribution in [3.05, 3.63) is 42.0 Å². The van der Waals surface area contributed by atoms with E-state index in [-0.39, 0.29) is 5.82 Å². The Morgan fingerprint density at radius 3 is 2.89 bits per heavy atom. The zero-order valence-electron chi connectivity index (χ0n) is 10.3. The monoisotopic (exact) mass is 266 g/mol. The van der Waals surface area contributed by atoms with Crippen molar-refractivity contribution in [2.75, 3.05) is 0 Å². The van der Waals surface area contributed by atoms with Crippen molar-refractivity contribution in [3.63, 3.8) is 0 Å². The van der Waals surface area contributed by atoms with Crippen LogP contribution in [0, 0.1) is 5.82 Å². The van der Waals surface area contributed by atoms with E-state index in [0.29, 0.717) is 22.7 Å². The molecule has 0 fully saturated rings. The number of nitrogens with zero attached hydrogens (tertiary/aromatic N) is 1. The van der Waals surface area contributed by atoms with Crippen molar-refractivity contribution in [2.45, 2.75) is 36.6 Å². The molecular formula is C13H15FN2OS. The normalized spacial score (nSPS) is 11.1. The Balaban J connectivity index is 2.05. The summed E-state index contributed by atoms with van der Waals surface area (Å²) in [5, 5.41) is 3.70. The Bertz CT molecular complexity index is 500. The lowest BCUT2D eigenvalue weighted by Crippen LogP contribution is -2.21. The molecule has 5 heteroatoms. The lowest BCUT2D eigenvalue weighted by atomic mass is 10.2. The molecule has 3 nitrogen and oxygen atoms in total. The first-order valence-corrected chi connectivity index (χ1v) is 6.56. The van der Waals surface area contributed by atoms with Gasteiger partial charge in [0.2, 0.25) is 0 Å². The smallest absolute Gasteiger partial charge is 0.260 e. The van der Waals surface area contributed by atoms with E-state index >= 15 is 0 Å². The summed E-state index contributed by atoms with van der Waals surface area (Å²) in [6.45, 7) is 4.78. The van der Waals surface area contributed by atoms with Crippen LogP contribution >= 0.6 is 11.8 Å². The molecule has 2 rings (SSSR count). The van der Waals surface area contributed by atoms with E-state index in [9.17, 15) is 4.39 Å². The lowest BCUT2D eigenvalue weighted by molar-refractivity contribution is 0.453. The minimum atomic E-state index is -0.249. The van der Waals surface area contributed by atoms with Gasteiger partial charge < -0.3 is 9.73 Å². The number of rotatable bonds is 5. The van der Waals surface area contributed by atoms with Crippen LogP contribution < -0.4 is 5.32 Å². The van der Waals surface area contributed by atoms with Gasteiger partial charge in [-0.2, -0.15) is 0 Å². The minimum absolute atomic E-state index is 0.249. The molecule has 0 radical (unpaired) electrons. The van der Waals surface area contributed by atoms with Crippen LogP contribution in [0.2, 0.25) is 0 Å². The van der Waals surface area contributed by atoms with Crippen molar-refractivity contribution in [3.8, 4) is 0 Å². The van der Waals surface area contributed by atoms with Crippen LogP contribution in [0.4, 0.5) is 4.39 Å². The lowest BCUT2D eigenvalue weighted by Gasteiger charge is -2.09. The van der Waals surface area contributed by atoms with E-state index in [1.165, 1.54) is 18.0 Å². The Labute approximate surface area is 110 Å². The summed E-state index contributed by atoms with van der Waals surface area (Å²) in [7, 11) is 0. The number of halogens is 1. The molecule has 2 aromatic rings. The van der Waals surface area contributed by atoms with E-state index < -0.39 is 0 Å². The first kappa shape index (κ1) is 13.1. The first-order valence-electron chi connectivity index (χ1n) is 5.74. The van der Waals surface area contributed by atoms with Crippen LogP contribution in [0.25, 0.3) is 0 Å². The zero-order valence-corrected chi connectivity index (χ0v) is 11.1. The summed E-state index contributed by atoms with van der Waals surface area (Å²) < 4.78 is 18.9. The molecule has 1 heterocycles. The maximum absolute atomic E-state index is 13.8. The quantitative estimate of drug-likeness (QED) is 0.899. The minimum Gasteiger partial charge on any atom is -0.440 e. The Morgan fingerprint density at radius 1 is 1.44 bits per heavy atom. The molecule has 0 atom stereocenters. The van der Waals surface area contributed by atoms with Gasteiger partial charge in [0.05, 0.1) is 11.1 Å². The number of hydrogen-bond acceptors (Lipinski definition) is 4. The molecule has 96 valence electrons. The predicted octanol–water partition coefficient (Wildman–Crippen LogP) is 3.46. The molecule has 1 aromatic carbocycles. The Hall–Kier alpha value is -1.33. The largest absolute Gasteiger partial charge is 0.440 e. The van der Waals surface area contributed by atoms with E-state index in [1.807, 2.05) is 6.07 Å². The van der Waals surface area contributed by atoms with Crippen molar-refractivity contribution < 1.29 is 8.81 Å². The molecule has 0 saturated heterocycles. The van der Waals surface area contributed by atoms with Gasteiger partial charge in [0.15, 0.2) is 0 Å². The second-order valence-corrected chi connectivity index (χ2v) is 5.19. The van der Waals surface area contributed by atoms with Crippen molar-refractivity contribution >= 4 is 11.8 Å². The first-order chi connectivity index (χ1) is 8.65. The summed E-state index contributed by atoms with van der Waals surface area (Å²) in [5.74, 6) is -0.249. The highest BCUT2D eigenvalue weighted by molar-refractivity contribution is 7.99. The second kappa shape index (κ2) is 6.02. The number of benzene rings is 1. The summed E-state index contributed by atoms with van der Waals surface area (Å²) in [6.07, 6.45) is 3.02. The van der Waals surface area contributed by atoms with Gasteiger partial charge in [-0.15, -0.1) is 0 Å². The molecule has 0 spiro atoms. The van der Waals surface area contributed by atoms with Crippen LogP contribution in [0.3, 0.4) is 0 Å². The van der Waals surface area contributed by atoms with Gasteiger partial charge in [-0.25, -0.2) is 9.37 Å². The second-order valence-electron chi connectivity index (χ2n) is 4.20. The third kappa shape index (κ3) is 3.58. The Morgan fingerprint density at radius 2 is 2.28 bits per heavy atom. The Kier molecular flexibility index (Phi) is 4.38. The van der Waals surface area contributed by atoms with Crippen molar-refractivity contribution in [1.82, 2.24) is 10.3 Å². The molecule has 0 bridgehead atoms. The molecule has 0 amide bonds. The number of nitrogens with one attached hydrogen (secondary N) is 1. The average molecular weight is 266 g/mol. The highest BCUT2D eigenvalue weighted by Crippen LogP contribution is 2.28. The number of aromatic nitrogens is 1. The van der Waals surface area contributed by atoms with Gasteiger partial charge in [-0.05, 0) is 29.5 Å². The van der Waals surface area contributed by atoms with Crippen LogP contribution in [0.1, 0.15) is 19.4 Å². The molecule has 0 aliphatic heterocycles. The summed E-state index contributed by atoms with van der Waals surface area (Å²) in [6, 6.07) is 5.58. The average Bonchev–Trinajstić information content (AvgIpc) is 2.82. The predicted molar refractivity (Wildman–Crippen MR) is 69.0 cm³/mol. The topological polar surface area (TPSA) is 38.1 Å². The van der Waals surface area contributed by atoms with Gasteiger partial charge in [-0.1, -0.05) is 19.9 Å². The molecule has 0 unspecified atom stereocenters. The highest BCUT2D eigenvalue weighted by atomic mass is 32.2. The fraction of sp³-hybridized carbons (Fsp3) is 0.308. The SMILES string of the molecule is CC(C)NCc1ccc(Sc2ncco2)c(F)c1. The summed E-state index contributed by atoms with van der Waals surface area (Å²) in [4.78, 5) is 4.47. The molecule has 18 heavy (non-hydrogen) atoms. The van der Waals surface area contributed by atoms with Crippen LogP contribution in [0.5, 0.6) is 0 Å². The molecule has 0 aliphatic carbocycles. The van der Waals surface area contributed by atoms with Crippen LogP contribution in [-0.2, 0) is 6.54 Å². The molecule has 1 aromatic heterocycles.